The minimum atomic E-state index is -0.168. The SMILES string of the molecule is CC1CCC(NC(=O)Nc2ccc(C#N)cc2)C1. The predicted molar refractivity (Wildman–Crippen MR) is 70.1 cm³/mol. The molecule has 0 radical (unpaired) electrons. The number of amides is 2. The normalized spacial score (nSPS) is 22.2. The summed E-state index contributed by atoms with van der Waals surface area (Å²) in [5.41, 5.74) is 1.29. The maximum absolute atomic E-state index is 11.7. The van der Waals surface area contributed by atoms with Crippen molar-refractivity contribution in [1.29, 1.82) is 5.26 Å². The average Bonchev–Trinajstić information content (AvgIpc) is 2.75. The molecule has 2 N–H and O–H groups in total. The van der Waals surface area contributed by atoms with Crippen LogP contribution in [0.5, 0.6) is 0 Å². The van der Waals surface area contributed by atoms with E-state index in [0.717, 1.165) is 12.8 Å². The van der Waals surface area contributed by atoms with Crippen LogP contribution in [0.25, 0.3) is 0 Å². The van der Waals surface area contributed by atoms with Crippen molar-refractivity contribution in [1.82, 2.24) is 5.32 Å². The molecule has 0 heterocycles. The van der Waals surface area contributed by atoms with E-state index in [0.29, 0.717) is 23.2 Å². The fourth-order valence-corrected chi connectivity index (χ4v) is 2.32. The number of nitriles is 1. The second-order valence-electron chi connectivity index (χ2n) is 4.90. The van der Waals surface area contributed by atoms with Crippen LogP contribution in [0.3, 0.4) is 0 Å². The third-order valence-electron chi connectivity index (χ3n) is 3.30. The smallest absolute Gasteiger partial charge is 0.319 e. The average molecular weight is 243 g/mol. The Hall–Kier alpha value is -2.02. The summed E-state index contributed by atoms with van der Waals surface area (Å²) in [5.74, 6) is 0.699. The van der Waals surface area contributed by atoms with E-state index in [-0.39, 0.29) is 6.03 Å². The molecule has 1 aromatic rings. The van der Waals surface area contributed by atoms with Gasteiger partial charge in [0.1, 0.15) is 0 Å². The van der Waals surface area contributed by atoms with E-state index in [9.17, 15) is 4.79 Å². The van der Waals surface area contributed by atoms with Gasteiger partial charge in [0, 0.05) is 11.7 Å². The van der Waals surface area contributed by atoms with E-state index in [2.05, 4.69) is 17.6 Å². The largest absolute Gasteiger partial charge is 0.335 e. The van der Waals surface area contributed by atoms with Crippen LogP contribution < -0.4 is 10.6 Å². The standard InChI is InChI=1S/C14H17N3O/c1-10-2-5-13(8-10)17-14(18)16-12-6-3-11(9-15)4-7-12/h3-4,6-7,10,13H,2,5,8H2,1H3,(H2,16,17,18). The topological polar surface area (TPSA) is 64.9 Å². The number of hydrogen-bond donors (Lipinski definition) is 2. The van der Waals surface area contributed by atoms with Crippen LogP contribution in [-0.2, 0) is 0 Å². The van der Waals surface area contributed by atoms with Gasteiger partial charge in [-0.3, -0.25) is 0 Å². The van der Waals surface area contributed by atoms with Crippen molar-refractivity contribution in [2.75, 3.05) is 5.32 Å². The van der Waals surface area contributed by atoms with Gasteiger partial charge in [-0.25, -0.2) is 4.79 Å². The van der Waals surface area contributed by atoms with Crippen molar-refractivity contribution in [3.63, 3.8) is 0 Å². The van der Waals surface area contributed by atoms with Crippen LogP contribution in [0, 0.1) is 17.2 Å². The third-order valence-corrected chi connectivity index (χ3v) is 3.30. The number of urea groups is 1. The summed E-state index contributed by atoms with van der Waals surface area (Å²) >= 11 is 0. The summed E-state index contributed by atoms with van der Waals surface area (Å²) in [4.78, 5) is 11.7. The summed E-state index contributed by atoms with van der Waals surface area (Å²) in [7, 11) is 0. The fraction of sp³-hybridized carbons (Fsp3) is 0.429. The minimum absolute atomic E-state index is 0.168. The van der Waals surface area contributed by atoms with E-state index < -0.39 is 0 Å². The Morgan fingerprint density at radius 2 is 2.06 bits per heavy atom. The van der Waals surface area contributed by atoms with Crippen LogP contribution in [0.1, 0.15) is 31.7 Å². The molecule has 2 atom stereocenters. The molecule has 1 fully saturated rings. The lowest BCUT2D eigenvalue weighted by Gasteiger charge is -2.13. The second-order valence-corrected chi connectivity index (χ2v) is 4.90. The number of benzene rings is 1. The number of nitrogens with one attached hydrogen (secondary N) is 2. The molecule has 2 unspecified atom stereocenters. The highest BCUT2D eigenvalue weighted by Crippen LogP contribution is 2.24. The first kappa shape index (κ1) is 12.4. The molecule has 0 saturated heterocycles. The van der Waals surface area contributed by atoms with Crippen LogP contribution in [0.2, 0.25) is 0 Å². The summed E-state index contributed by atoms with van der Waals surface area (Å²) in [6.07, 6.45) is 3.30. The number of rotatable bonds is 2. The van der Waals surface area contributed by atoms with Gasteiger partial charge in [-0.15, -0.1) is 0 Å². The molecule has 0 aromatic heterocycles. The lowest BCUT2D eigenvalue weighted by molar-refractivity contribution is 0.248. The summed E-state index contributed by atoms with van der Waals surface area (Å²) < 4.78 is 0. The lowest BCUT2D eigenvalue weighted by atomic mass is 10.1. The Morgan fingerprint density at radius 1 is 1.33 bits per heavy atom. The molecule has 2 rings (SSSR count). The van der Waals surface area contributed by atoms with Gasteiger partial charge >= 0.3 is 6.03 Å². The first-order valence-corrected chi connectivity index (χ1v) is 6.25. The molecule has 1 aliphatic carbocycles. The van der Waals surface area contributed by atoms with Crippen LogP contribution in [0.4, 0.5) is 10.5 Å². The zero-order valence-corrected chi connectivity index (χ0v) is 10.4. The molecule has 2 amide bonds. The molecular weight excluding hydrogens is 226 g/mol. The summed E-state index contributed by atoms with van der Waals surface area (Å²) in [6.45, 7) is 2.21. The highest BCUT2D eigenvalue weighted by Gasteiger charge is 2.22. The van der Waals surface area contributed by atoms with Gasteiger partial charge in [-0.05, 0) is 49.4 Å². The van der Waals surface area contributed by atoms with Gasteiger partial charge in [-0.2, -0.15) is 5.26 Å². The lowest BCUT2D eigenvalue weighted by Crippen LogP contribution is -2.36. The fourth-order valence-electron chi connectivity index (χ4n) is 2.32. The minimum Gasteiger partial charge on any atom is -0.335 e. The molecule has 4 nitrogen and oxygen atoms in total. The van der Waals surface area contributed by atoms with Gasteiger partial charge in [-0.1, -0.05) is 6.92 Å². The van der Waals surface area contributed by atoms with Gasteiger partial charge < -0.3 is 10.6 Å². The zero-order valence-electron chi connectivity index (χ0n) is 10.4. The Bertz CT molecular complexity index is 461. The van der Waals surface area contributed by atoms with Crippen molar-refractivity contribution in [2.45, 2.75) is 32.2 Å². The number of carbonyl (C=O) groups excluding carboxylic acids is 1. The molecule has 1 aromatic carbocycles. The van der Waals surface area contributed by atoms with Gasteiger partial charge in [0.25, 0.3) is 0 Å². The van der Waals surface area contributed by atoms with Crippen molar-refractivity contribution in [3.05, 3.63) is 29.8 Å². The van der Waals surface area contributed by atoms with E-state index in [4.69, 9.17) is 5.26 Å². The van der Waals surface area contributed by atoms with E-state index in [1.54, 1.807) is 24.3 Å². The predicted octanol–water partition coefficient (Wildman–Crippen LogP) is 2.87. The highest BCUT2D eigenvalue weighted by atomic mass is 16.2. The number of anilines is 1. The Kier molecular flexibility index (Phi) is 3.83. The maximum Gasteiger partial charge on any atom is 0.319 e. The summed E-state index contributed by atoms with van der Waals surface area (Å²) in [5, 5.41) is 14.4. The van der Waals surface area contributed by atoms with Crippen LogP contribution in [-0.4, -0.2) is 12.1 Å². The van der Waals surface area contributed by atoms with Crippen molar-refractivity contribution < 1.29 is 4.79 Å². The molecule has 4 heteroatoms. The van der Waals surface area contributed by atoms with Crippen molar-refractivity contribution in [2.24, 2.45) is 5.92 Å². The first-order valence-electron chi connectivity index (χ1n) is 6.25. The van der Waals surface area contributed by atoms with E-state index >= 15 is 0 Å². The quantitative estimate of drug-likeness (QED) is 0.838. The van der Waals surface area contributed by atoms with E-state index in [1.165, 1.54) is 6.42 Å². The Labute approximate surface area is 107 Å². The van der Waals surface area contributed by atoms with Gasteiger partial charge in [0.05, 0.1) is 11.6 Å². The Balaban J connectivity index is 1.85. The van der Waals surface area contributed by atoms with Crippen molar-refractivity contribution >= 4 is 11.7 Å². The molecule has 0 aliphatic heterocycles. The molecule has 94 valence electrons. The number of hydrogen-bond acceptors (Lipinski definition) is 2. The van der Waals surface area contributed by atoms with Crippen molar-refractivity contribution in [3.8, 4) is 6.07 Å². The molecule has 0 spiro atoms. The van der Waals surface area contributed by atoms with Crippen LogP contribution in [0.15, 0.2) is 24.3 Å². The molecule has 18 heavy (non-hydrogen) atoms. The molecular formula is C14H17N3O. The molecule has 1 aliphatic rings. The van der Waals surface area contributed by atoms with E-state index in [1.807, 2.05) is 6.07 Å². The molecule has 0 bridgehead atoms. The maximum atomic E-state index is 11.7. The second kappa shape index (κ2) is 5.54. The van der Waals surface area contributed by atoms with Crippen LogP contribution >= 0.6 is 0 Å². The molecule has 1 saturated carbocycles. The highest BCUT2D eigenvalue weighted by molar-refractivity contribution is 5.89. The monoisotopic (exact) mass is 243 g/mol. The number of nitrogens with zero attached hydrogens (tertiary/aromatic N) is 1. The van der Waals surface area contributed by atoms with Gasteiger partial charge in [0.15, 0.2) is 0 Å². The zero-order chi connectivity index (χ0) is 13.0. The first-order chi connectivity index (χ1) is 8.67. The number of carbonyl (C=O) groups is 1. The summed E-state index contributed by atoms with van der Waals surface area (Å²) in [6, 6.07) is 9.00. The Morgan fingerprint density at radius 3 is 2.61 bits per heavy atom. The third kappa shape index (κ3) is 3.24. The van der Waals surface area contributed by atoms with Gasteiger partial charge in [0.2, 0.25) is 0 Å².